The zero-order valence-corrected chi connectivity index (χ0v) is 15.1. The van der Waals surface area contributed by atoms with Crippen molar-refractivity contribution in [3.05, 3.63) is 70.0 Å². The molecule has 7 heteroatoms. The average molecular weight is 374 g/mol. The van der Waals surface area contributed by atoms with Crippen molar-refractivity contribution in [1.82, 2.24) is 10.2 Å². The van der Waals surface area contributed by atoms with Gasteiger partial charge in [0.15, 0.2) is 4.34 Å². The molecule has 25 heavy (non-hydrogen) atoms. The number of benzene rings is 2. The van der Waals surface area contributed by atoms with E-state index in [4.69, 9.17) is 9.47 Å². The fourth-order valence-corrected chi connectivity index (χ4v) is 4.42. The van der Waals surface area contributed by atoms with Crippen LogP contribution in [0.3, 0.4) is 0 Å². The van der Waals surface area contributed by atoms with E-state index in [1.54, 1.807) is 0 Å². The van der Waals surface area contributed by atoms with E-state index in [9.17, 15) is 4.39 Å². The van der Waals surface area contributed by atoms with E-state index in [-0.39, 0.29) is 5.82 Å². The molecule has 4 rings (SSSR count). The highest BCUT2D eigenvalue weighted by atomic mass is 32.2. The van der Waals surface area contributed by atoms with Gasteiger partial charge in [0.05, 0.1) is 6.61 Å². The maximum atomic E-state index is 14.0. The van der Waals surface area contributed by atoms with E-state index in [2.05, 4.69) is 10.2 Å². The SMILES string of the molecule is Cc1nnc(SCc2cc(F)cc3c2O[C@@H](c2ccccc2)OC3)s1. The molecule has 2 heterocycles. The van der Waals surface area contributed by atoms with E-state index in [0.717, 1.165) is 26.0 Å². The Balaban J connectivity index is 1.59. The third kappa shape index (κ3) is 3.68. The molecule has 0 N–H and O–H groups in total. The van der Waals surface area contributed by atoms with Crippen LogP contribution in [-0.2, 0) is 17.1 Å². The van der Waals surface area contributed by atoms with Crippen LogP contribution >= 0.6 is 23.1 Å². The van der Waals surface area contributed by atoms with Gasteiger partial charge in [-0.2, -0.15) is 0 Å². The van der Waals surface area contributed by atoms with Gasteiger partial charge in [-0.15, -0.1) is 10.2 Å². The van der Waals surface area contributed by atoms with E-state index < -0.39 is 6.29 Å². The summed E-state index contributed by atoms with van der Waals surface area (Å²) in [7, 11) is 0. The number of ether oxygens (including phenoxy) is 2. The minimum absolute atomic E-state index is 0.284. The summed E-state index contributed by atoms with van der Waals surface area (Å²) in [5.74, 6) is 0.986. The van der Waals surface area contributed by atoms with Crippen molar-refractivity contribution in [3.8, 4) is 5.75 Å². The monoisotopic (exact) mass is 374 g/mol. The van der Waals surface area contributed by atoms with Crippen molar-refractivity contribution in [2.75, 3.05) is 0 Å². The highest BCUT2D eigenvalue weighted by Crippen LogP contribution is 2.39. The number of fused-ring (bicyclic) bond motifs is 1. The molecule has 0 bridgehead atoms. The number of hydrogen-bond donors (Lipinski definition) is 0. The number of halogens is 1. The summed E-state index contributed by atoms with van der Waals surface area (Å²) in [6.45, 7) is 2.24. The molecule has 0 spiro atoms. The Kier molecular flexibility index (Phi) is 4.70. The van der Waals surface area contributed by atoms with Crippen molar-refractivity contribution < 1.29 is 13.9 Å². The van der Waals surface area contributed by atoms with Gasteiger partial charge >= 0.3 is 0 Å². The molecular weight excluding hydrogens is 359 g/mol. The maximum absolute atomic E-state index is 14.0. The summed E-state index contributed by atoms with van der Waals surface area (Å²) >= 11 is 3.06. The van der Waals surface area contributed by atoms with Gasteiger partial charge in [-0.25, -0.2) is 4.39 Å². The standard InChI is InChI=1S/C18H15FN2O2S2/c1-11-20-21-18(25-11)24-10-14-8-15(19)7-13-9-22-17(23-16(13)14)12-5-3-2-4-6-12/h2-8,17H,9-10H2,1H3/t17-/m0/s1. The highest BCUT2D eigenvalue weighted by Gasteiger charge is 2.25. The minimum atomic E-state index is -0.480. The van der Waals surface area contributed by atoms with Crippen LogP contribution in [0.2, 0.25) is 0 Å². The van der Waals surface area contributed by atoms with E-state index in [0.29, 0.717) is 18.1 Å². The number of thioether (sulfide) groups is 1. The number of aromatic nitrogens is 2. The Morgan fingerprint density at radius 1 is 1.24 bits per heavy atom. The lowest BCUT2D eigenvalue weighted by atomic mass is 10.1. The first-order valence-corrected chi connectivity index (χ1v) is 9.56. The Morgan fingerprint density at radius 2 is 2.08 bits per heavy atom. The summed E-state index contributed by atoms with van der Waals surface area (Å²) in [5.41, 5.74) is 2.48. The topological polar surface area (TPSA) is 44.2 Å². The van der Waals surface area contributed by atoms with Crippen LogP contribution < -0.4 is 4.74 Å². The molecule has 128 valence electrons. The van der Waals surface area contributed by atoms with Gasteiger partial charge in [0.2, 0.25) is 6.29 Å². The molecule has 0 saturated heterocycles. The van der Waals surface area contributed by atoms with Crippen molar-refractivity contribution in [1.29, 1.82) is 0 Å². The number of hydrogen-bond acceptors (Lipinski definition) is 6. The van der Waals surface area contributed by atoms with Crippen LogP contribution in [0.5, 0.6) is 5.75 Å². The second-order valence-corrected chi connectivity index (χ2v) is 8.00. The van der Waals surface area contributed by atoms with Crippen molar-refractivity contribution in [2.45, 2.75) is 29.9 Å². The lowest BCUT2D eigenvalue weighted by Crippen LogP contribution is -2.19. The quantitative estimate of drug-likeness (QED) is 0.609. The molecule has 3 aromatic rings. The maximum Gasteiger partial charge on any atom is 0.227 e. The number of rotatable bonds is 4. The molecule has 0 aliphatic carbocycles. The smallest absolute Gasteiger partial charge is 0.227 e. The van der Waals surface area contributed by atoms with Crippen LogP contribution in [0, 0.1) is 12.7 Å². The van der Waals surface area contributed by atoms with Crippen molar-refractivity contribution in [2.24, 2.45) is 0 Å². The van der Waals surface area contributed by atoms with E-state index in [1.807, 2.05) is 37.3 Å². The molecule has 2 aromatic carbocycles. The second-order valence-electron chi connectivity index (χ2n) is 5.60. The second kappa shape index (κ2) is 7.11. The molecule has 1 atom stereocenters. The van der Waals surface area contributed by atoms with E-state index in [1.165, 1.54) is 35.2 Å². The zero-order chi connectivity index (χ0) is 17.2. The number of nitrogens with zero attached hydrogens (tertiary/aromatic N) is 2. The Bertz CT molecular complexity index is 886. The first-order chi connectivity index (χ1) is 12.2. The lowest BCUT2D eigenvalue weighted by Gasteiger charge is -2.28. The molecule has 1 aliphatic rings. The summed E-state index contributed by atoms with van der Waals surface area (Å²) in [6, 6.07) is 12.7. The summed E-state index contributed by atoms with van der Waals surface area (Å²) in [6.07, 6.45) is -0.480. The van der Waals surface area contributed by atoms with Gasteiger partial charge in [0, 0.05) is 22.4 Å². The molecule has 1 aromatic heterocycles. The highest BCUT2D eigenvalue weighted by molar-refractivity contribution is 8.00. The Labute approximate surface area is 153 Å². The molecule has 0 fully saturated rings. The first-order valence-electron chi connectivity index (χ1n) is 7.76. The fourth-order valence-electron chi connectivity index (χ4n) is 2.63. The van der Waals surface area contributed by atoms with Gasteiger partial charge in [0.1, 0.15) is 16.6 Å². The molecule has 4 nitrogen and oxygen atoms in total. The van der Waals surface area contributed by atoms with Crippen molar-refractivity contribution >= 4 is 23.1 Å². The van der Waals surface area contributed by atoms with Gasteiger partial charge in [-0.05, 0) is 19.1 Å². The largest absolute Gasteiger partial charge is 0.460 e. The predicted octanol–water partition coefficient (Wildman–Crippen LogP) is 4.89. The Hall–Kier alpha value is -1.96. The van der Waals surface area contributed by atoms with Crippen LogP contribution in [0.15, 0.2) is 46.8 Å². The molecule has 1 aliphatic heterocycles. The van der Waals surface area contributed by atoms with Crippen LogP contribution in [0.1, 0.15) is 28.0 Å². The third-order valence-corrected chi connectivity index (χ3v) is 5.77. The zero-order valence-electron chi connectivity index (χ0n) is 13.4. The summed E-state index contributed by atoms with van der Waals surface area (Å²) in [4.78, 5) is 0. The van der Waals surface area contributed by atoms with Gasteiger partial charge in [0.25, 0.3) is 0 Å². The molecule has 0 unspecified atom stereocenters. The lowest BCUT2D eigenvalue weighted by molar-refractivity contribution is -0.112. The van der Waals surface area contributed by atoms with E-state index >= 15 is 0 Å². The Morgan fingerprint density at radius 3 is 2.84 bits per heavy atom. The third-order valence-electron chi connectivity index (χ3n) is 3.75. The molecule has 0 amide bonds. The van der Waals surface area contributed by atoms with Gasteiger partial charge in [-0.1, -0.05) is 53.4 Å². The predicted molar refractivity (Wildman–Crippen MR) is 95.2 cm³/mol. The van der Waals surface area contributed by atoms with Crippen LogP contribution in [0.4, 0.5) is 4.39 Å². The summed E-state index contributed by atoms with van der Waals surface area (Å²) < 4.78 is 26.6. The normalized spacial score (nSPS) is 16.3. The number of aryl methyl sites for hydroxylation is 1. The van der Waals surface area contributed by atoms with Gasteiger partial charge in [-0.3, -0.25) is 0 Å². The molecule has 0 radical (unpaired) electrons. The average Bonchev–Trinajstić information content (AvgIpc) is 3.05. The summed E-state index contributed by atoms with van der Waals surface area (Å²) in [5, 5.41) is 9.02. The van der Waals surface area contributed by atoms with Crippen LogP contribution in [-0.4, -0.2) is 10.2 Å². The molecule has 0 saturated carbocycles. The van der Waals surface area contributed by atoms with Crippen molar-refractivity contribution in [3.63, 3.8) is 0 Å². The minimum Gasteiger partial charge on any atom is -0.460 e. The van der Waals surface area contributed by atoms with Gasteiger partial charge < -0.3 is 9.47 Å². The first kappa shape index (κ1) is 16.5. The fraction of sp³-hybridized carbons (Fsp3) is 0.222. The van der Waals surface area contributed by atoms with Crippen LogP contribution in [0.25, 0.3) is 0 Å². The molecular formula is C18H15FN2O2S2.